The van der Waals surface area contributed by atoms with Crippen molar-refractivity contribution in [2.75, 3.05) is 20.1 Å². The predicted octanol–water partition coefficient (Wildman–Crippen LogP) is 0.829. The van der Waals surface area contributed by atoms with Gasteiger partial charge in [-0.2, -0.15) is 0 Å². The number of carboxylic acid groups (broad SMARTS) is 1. The third-order valence-corrected chi connectivity index (χ3v) is 3.66. The van der Waals surface area contributed by atoms with E-state index in [1.165, 1.54) is 4.90 Å². The molecule has 0 atom stereocenters. The summed E-state index contributed by atoms with van der Waals surface area (Å²) in [5.74, 6) is -0.865. The monoisotopic (exact) mass is 242 g/mol. The lowest BCUT2D eigenvalue weighted by Crippen LogP contribution is -2.48. The summed E-state index contributed by atoms with van der Waals surface area (Å²) in [4.78, 5) is 24.3. The van der Waals surface area contributed by atoms with E-state index in [1.807, 2.05) is 0 Å². The van der Waals surface area contributed by atoms with E-state index in [-0.39, 0.29) is 18.9 Å². The number of rotatable bonds is 5. The second kappa shape index (κ2) is 6.00. The molecule has 0 bridgehead atoms. The minimum atomic E-state index is -0.880. The van der Waals surface area contributed by atoms with Crippen molar-refractivity contribution in [1.82, 2.24) is 4.90 Å². The van der Waals surface area contributed by atoms with Crippen LogP contribution in [0.2, 0.25) is 0 Å². The third kappa shape index (κ3) is 3.43. The van der Waals surface area contributed by atoms with Crippen LogP contribution in [0.5, 0.6) is 0 Å². The summed E-state index contributed by atoms with van der Waals surface area (Å²) < 4.78 is 0. The van der Waals surface area contributed by atoms with Gasteiger partial charge in [0.25, 0.3) is 0 Å². The van der Waals surface area contributed by atoms with E-state index in [4.69, 9.17) is 10.8 Å². The van der Waals surface area contributed by atoms with Crippen LogP contribution < -0.4 is 5.73 Å². The molecule has 1 aliphatic carbocycles. The van der Waals surface area contributed by atoms with Crippen LogP contribution in [0.4, 0.5) is 0 Å². The maximum absolute atomic E-state index is 12.3. The molecule has 5 heteroatoms. The number of carbonyl (C=O) groups excluding carboxylic acids is 1. The fourth-order valence-corrected chi connectivity index (χ4v) is 2.50. The minimum Gasteiger partial charge on any atom is -0.481 e. The minimum absolute atomic E-state index is 0.0110. The smallest absolute Gasteiger partial charge is 0.305 e. The lowest BCUT2D eigenvalue weighted by Gasteiger charge is -2.37. The number of aliphatic carboxylic acids is 1. The van der Waals surface area contributed by atoms with Gasteiger partial charge in [0.2, 0.25) is 5.91 Å². The Hall–Kier alpha value is -1.10. The Bertz CT molecular complexity index is 285. The molecule has 0 aromatic rings. The summed E-state index contributed by atoms with van der Waals surface area (Å²) in [5, 5.41) is 8.61. The zero-order valence-corrected chi connectivity index (χ0v) is 10.4. The van der Waals surface area contributed by atoms with Gasteiger partial charge in [0, 0.05) is 20.1 Å². The van der Waals surface area contributed by atoms with E-state index < -0.39 is 11.4 Å². The number of nitrogens with two attached hydrogens (primary N) is 1. The molecule has 1 fully saturated rings. The van der Waals surface area contributed by atoms with Crippen LogP contribution >= 0.6 is 0 Å². The first-order valence-electron chi connectivity index (χ1n) is 6.19. The molecule has 0 heterocycles. The van der Waals surface area contributed by atoms with Crippen LogP contribution in [0.3, 0.4) is 0 Å². The van der Waals surface area contributed by atoms with Gasteiger partial charge in [-0.15, -0.1) is 0 Å². The van der Waals surface area contributed by atoms with Crippen LogP contribution in [0.1, 0.15) is 38.5 Å². The van der Waals surface area contributed by atoms with Crippen LogP contribution in [0.15, 0.2) is 0 Å². The van der Waals surface area contributed by atoms with Gasteiger partial charge in [0.15, 0.2) is 0 Å². The molecule has 3 N–H and O–H groups in total. The Labute approximate surface area is 102 Å². The highest BCUT2D eigenvalue weighted by Gasteiger charge is 2.39. The number of hydrogen-bond donors (Lipinski definition) is 2. The second-order valence-electron chi connectivity index (χ2n) is 4.92. The van der Waals surface area contributed by atoms with Crippen LogP contribution in [-0.2, 0) is 9.59 Å². The molecule has 0 aromatic heterocycles. The lowest BCUT2D eigenvalue weighted by molar-refractivity contribution is -0.143. The van der Waals surface area contributed by atoms with E-state index in [2.05, 4.69) is 0 Å². The molecule has 1 amide bonds. The van der Waals surface area contributed by atoms with Gasteiger partial charge in [-0.3, -0.25) is 9.59 Å². The van der Waals surface area contributed by atoms with Crippen molar-refractivity contribution in [2.24, 2.45) is 11.1 Å². The first-order chi connectivity index (χ1) is 8.02. The maximum atomic E-state index is 12.3. The topological polar surface area (TPSA) is 83.6 Å². The summed E-state index contributed by atoms with van der Waals surface area (Å²) in [7, 11) is 1.66. The molecule has 0 spiro atoms. The van der Waals surface area contributed by atoms with Crippen LogP contribution in [0, 0.1) is 5.41 Å². The highest BCUT2D eigenvalue weighted by Crippen LogP contribution is 2.36. The molecule has 0 aromatic carbocycles. The SMILES string of the molecule is CN(CCC(=O)O)C(=O)C1(CN)CCCCC1. The third-order valence-electron chi connectivity index (χ3n) is 3.66. The number of nitrogens with zero attached hydrogens (tertiary/aromatic N) is 1. The molecule has 0 aliphatic heterocycles. The van der Waals surface area contributed by atoms with Crippen molar-refractivity contribution in [2.45, 2.75) is 38.5 Å². The van der Waals surface area contributed by atoms with E-state index in [0.29, 0.717) is 6.54 Å². The zero-order chi connectivity index (χ0) is 12.9. The van der Waals surface area contributed by atoms with E-state index in [9.17, 15) is 9.59 Å². The molecule has 0 radical (unpaired) electrons. The highest BCUT2D eigenvalue weighted by atomic mass is 16.4. The molecule has 0 saturated heterocycles. The van der Waals surface area contributed by atoms with Crippen molar-refractivity contribution in [3.8, 4) is 0 Å². The Balaban J connectivity index is 2.61. The molecule has 0 unspecified atom stereocenters. The van der Waals surface area contributed by atoms with Gasteiger partial charge in [0.05, 0.1) is 11.8 Å². The molecule has 5 nitrogen and oxygen atoms in total. The van der Waals surface area contributed by atoms with Crippen molar-refractivity contribution < 1.29 is 14.7 Å². The number of amides is 1. The Morgan fingerprint density at radius 3 is 2.35 bits per heavy atom. The van der Waals surface area contributed by atoms with Gasteiger partial charge < -0.3 is 15.7 Å². The average Bonchev–Trinajstić information content (AvgIpc) is 2.35. The normalized spacial score (nSPS) is 18.7. The van der Waals surface area contributed by atoms with Crippen LogP contribution in [0.25, 0.3) is 0 Å². The van der Waals surface area contributed by atoms with Gasteiger partial charge in [0.1, 0.15) is 0 Å². The Morgan fingerprint density at radius 2 is 1.88 bits per heavy atom. The average molecular weight is 242 g/mol. The fraction of sp³-hybridized carbons (Fsp3) is 0.833. The zero-order valence-electron chi connectivity index (χ0n) is 10.4. The summed E-state index contributed by atoms with van der Waals surface area (Å²) >= 11 is 0. The molecule has 1 rings (SSSR count). The molecular formula is C12H22N2O3. The predicted molar refractivity (Wildman–Crippen MR) is 64.5 cm³/mol. The van der Waals surface area contributed by atoms with E-state index >= 15 is 0 Å². The summed E-state index contributed by atoms with van der Waals surface area (Å²) in [6.45, 7) is 0.624. The standard InChI is InChI=1S/C12H22N2O3/c1-14(8-5-10(15)16)11(17)12(9-13)6-3-2-4-7-12/h2-9,13H2,1H3,(H,15,16). The van der Waals surface area contributed by atoms with E-state index in [1.54, 1.807) is 7.05 Å². The summed E-state index contributed by atoms with van der Waals surface area (Å²) in [5.41, 5.74) is 5.33. The Kier molecular flexibility index (Phi) is 4.93. The number of hydrogen-bond acceptors (Lipinski definition) is 3. The van der Waals surface area contributed by atoms with Gasteiger partial charge in [-0.25, -0.2) is 0 Å². The largest absolute Gasteiger partial charge is 0.481 e. The lowest BCUT2D eigenvalue weighted by atomic mass is 9.73. The van der Waals surface area contributed by atoms with Gasteiger partial charge >= 0.3 is 5.97 Å². The molecule has 17 heavy (non-hydrogen) atoms. The number of carboxylic acids is 1. The van der Waals surface area contributed by atoms with Crippen molar-refractivity contribution in [3.05, 3.63) is 0 Å². The first-order valence-corrected chi connectivity index (χ1v) is 6.19. The van der Waals surface area contributed by atoms with Gasteiger partial charge in [-0.1, -0.05) is 19.3 Å². The summed E-state index contributed by atoms with van der Waals surface area (Å²) in [6.07, 6.45) is 4.89. The van der Waals surface area contributed by atoms with Crippen molar-refractivity contribution >= 4 is 11.9 Å². The molecule has 1 saturated carbocycles. The second-order valence-corrected chi connectivity index (χ2v) is 4.92. The highest BCUT2D eigenvalue weighted by molar-refractivity contribution is 5.83. The van der Waals surface area contributed by atoms with Crippen LogP contribution in [-0.4, -0.2) is 42.0 Å². The Morgan fingerprint density at radius 1 is 1.29 bits per heavy atom. The fourth-order valence-electron chi connectivity index (χ4n) is 2.50. The molecule has 1 aliphatic rings. The number of carbonyl (C=O) groups is 2. The maximum Gasteiger partial charge on any atom is 0.305 e. The van der Waals surface area contributed by atoms with E-state index in [0.717, 1.165) is 32.1 Å². The van der Waals surface area contributed by atoms with Crippen molar-refractivity contribution in [3.63, 3.8) is 0 Å². The first kappa shape index (κ1) is 14.0. The molecular weight excluding hydrogens is 220 g/mol. The molecule has 98 valence electrons. The van der Waals surface area contributed by atoms with Gasteiger partial charge in [-0.05, 0) is 12.8 Å². The quantitative estimate of drug-likeness (QED) is 0.748. The summed E-state index contributed by atoms with van der Waals surface area (Å²) in [6, 6.07) is 0. The van der Waals surface area contributed by atoms with Crippen molar-refractivity contribution in [1.29, 1.82) is 0 Å².